The van der Waals surface area contributed by atoms with E-state index in [1.165, 1.54) is 6.92 Å². The second-order valence-corrected chi connectivity index (χ2v) is 6.47. The van der Waals surface area contributed by atoms with Crippen molar-refractivity contribution < 1.29 is 14.6 Å². The van der Waals surface area contributed by atoms with E-state index in [1.54, 1.807) is 30.1 Å². The predicted molar refractivity (Wildman–Crippen MR) is 105 cm³/mol. The lowest BCUT2D eigenvalue weighted by molar-refractivity contribution is -0.645. The number of benzene rings is 2. The summed E-state index contributed by atoms with van der Waals surface area (Å²) >= 11 is 0. The quantitative estimate of drug-likeness (QED) is 0.341. The first-order valence-corrected chi connectivity index (χ1v) is 8.77. The summed E-state index contributed by atoms with van der Waals surface area (Å²) in [5.74, 6) is -0.0867. The van der Waals surface area contributed by atoms with Gasteiger partial charge in [0.05, 0.1) is 6.20 Å². The first-order chi connectivity index (χ1) is 13.1. The van der Waals surface area contributed by atoms with E-state index in [2.05, 4.69) is 17.2 Å². The molecule has 3 aromatic rings. The zero-order chi connectivity index (χ0) is 19.0. The first kappa shape index (κ1) is 16.9. The van der Waals surface area contributed by atoms with Crippen LogP contribution in [0.2, 0.25) is 0 Å². The van der Waals surface area contributed by atoms with Crippen LogP contribution in [-0.2, 0) is 4.79 Å². The van der Waals surface area contributed by atoms with Gasteiger partial charge in [0.2, 0.25) is 6.20 Å². The number of Topliss-reactive ketones (excluding diaryl/α,β-unsaturated/α-hetero) is 1. The Bertz CT molecular complexity index is 1060. The van der Waals surface area contributed by atoms with E-state index in [9.17, 15) is 9.90 Å². The molecule has 0 spiro atoms. The number of carbonyl (C=O) groups is 1. The lowest BCUT2D eigenvalue weighted by atomic mass is 9.93. The summed E-state index contributed by atoms with van der Waals surface area (Å²) in [5, 5.41) is 14.8. The standard InChI is InChI=1S/C23H18N2O2/c1-15(26)21(23(16(2)27)25-14-8-7-13-24-25)22-19-11-5-3-9-17(19)18-10-4-6-12-20(18)22/h3-14H,1-2H3/p+1. The number of aliphatic hydroxyl groups excluding tert-OH is 1. The van der Waals surface area contributed by atoms with Crippen molar-refractivity contribution in [3.8, 4) is 11.1 Å². The molecule has 1 aliphatic rings. The minimum absolute atomic E-state index is 0.0401. The smallest absolute Gasteiger partial charge is 0.286 e. The average molecular weight is 355 g/mol. The number of hydrogen-bond donors (Lipinski definition) is 1. The second kappa shape index (κ2) is 6.65. The molecule has 1 heterocycles. The molecule has 1 aromatic heterocycles. The van der Waals surface area contributed by atoms with Gasteiger partial charge in [0.1, 0.15) is 5.57 Å². The van der Waals surface area contributed by atoms with Crippen molar-refractivity contribution >= 4 is 17.1 Å². The van der Waals surface area contributed by atoms with E-state index in [0.29, 0.717) is 11.3 Å². The maximum absolute atomic E-state index is 12.8. The van der Waals surface area contributed by atoms with Crippen LogP contribution in [-0.4, -0.2) is 16.0 Å². The van der Waals surface area contributed by atoms with Crippen LogP contribution < -0.4 is 4.68 Å². The van der Waals surface area contributed by atoms with Gasteiger partial charge in [-0.15, -0.1) is 0 Å². The van der Waals surface area contributed by atoms with Crippen LogP contribution in [0.25, 0.3) is 22.4 Å². The largest absolute Gasteiger partial charge is 0.506 e. The number of rotatable bonds is 3. The summed E-state index contributed by atoms with van der Waals surface area (Å²) in [6, 6.07) is 19.7. The van der Waals surface area contributed by atoms with Gasteiger partial charge < -0.3 is 5.11 Å². The zero-order valence-electron chi connectivity index (χ0n) is 15.2. The first-order valence-electron chi connectivity index (χ1n) is 8.77. The van der Waals surface area contributed by atoms with E-state index in [1.807, 2.05) is 42.5 Å². The summed E-state index contributed by atoms with van der Waals surface area (Å²) in [5.41, 5.74) is 5.82. The molecule has 0 saturated carbocycles. The highest BCUT2D eigenvalue weighted by atomic mass is 16.3. The summed E-state index contributed by atoms with van der Waals surface area (Å²) in [7, 11) is 0. The van der Waals surface area contributed by atoms with Crippen molar-refractivity contribution in [3.63, 3.8) is 0 Å². The van der Waals surface area contributed by atoms with Crippen LogP contribution in [0.3, 0.4) is 0 Å². The van der Waals surface area contributed by atoms with Gasteiger partial charge in [-0.3, -0.25) is 4.79 Å². The summed E-state index contributed by atoms with van der Waals surface area (Å²) in [6.07, 6.45) is 3.35. The molecule has 27 heavy (non-hydrogen) atoms. The van der Waals surface area contributed by atoms with Crippen molar-refractivity contribution in [3.05, 3.63) is 95.5 Å². The average Bonchev–Trinajstić information content (AvgIpc) is 3.00. The third-order valence-electron chi connectivity index (χ3n) is 4.71. The van der Waals surface area contributed by atoms with Crippen molar-refractivity contribution in [2.75, 3.05) is 0 Å². The van der Waals surface area contributed by atoms with Crippen LogP contribution in [0, 0.1) is 0 Å². The molecule has 4 rings (SSSR count). The summed E-state index contributed by atoms with van der Waals surface area (Å²) in [4.78, 5) is 12.8. The summed E-state index contributed by atoms with van der Waals surface area (Å²) in [6.45, 7) is 3.10. The third-order valence-corrected chi connectivity index (χ3v) is 4.71. The Morgan fingerprint density at radius 1 is 0.852 bits per heavy atom. The Kier molecular flexibility index (Phi) is 4.16. The molecule has 1 aliphatic carbocycles. The number of nitrogens with zero attached hydrogens (tertiary/aromatic N) is 2. The minimum atomic E-state index is -0.127. The van der Waals surface area contributed by atoms with Crippen LogP contribution in [0.5, 0.6) is 0 Å². The van der Waals surface area contributed by atoms with Crippen LogP contribution >= 0.6 is 0 Å². The fraction of sp³-hybridized carbons (Fsp3) is 0.0870. The number of hydrogen-bond acceptors (Lipinski definition) is 3. The zero-order valence-corrected chi connectivity index (χ0v) is 15.2. The SMILES string of the molecule is CC(=O)C(=C1c2ccccc2-c2ccccc21)/C(=C(/C)O)[n+]1ccccn1. The fourth-order valence-electron chi connectivity index (χ4n) is 3.67. The Morgan fingerprint density at radius 3 is 1.85 bits per heavy atom. The maximum Gasteiger partial charge on any atom is 0.286 e. The van der Waals surface area contributed by atoms with Crippen molar-refractivity contribution in [2.45, 2.75) is 13.8 Å². The maximum atomic E-state index is 12.8. The topological polar surface area (TPSA) is 54.1 Å². The Morgan fingerprint density at radius 2 is 1.41 bits per heavy atom. The molecule has 0 fully saturated rings. The lowest BCUT2D eigenvalue weighted by Gasteiger charge is -2.10. The van der Waals surface area contributed by atoms with Gasteiger partial charge in [0.15, 0.2) is 11.5 Å². The Hall–Kier alpha value is -3.53. The third kappa shape index (κ3) is 2.75. The summed E-state index contributed by atoms with van der Waals surface area (Å²) < 4.78 is 1.54. The van der Waals surface area contributed by atoms with Gasteiger partial charge in [0.25, 0.3) is 5.70 Å². The molecule has 0 radical (unpaired) electrons. The van der Waals surface area contributed by atoms with Crippen molar-refractivity contribution in [2.24, 2.45) is 0 Å². The van der Waals surface area contributed by atoms with E-state index in [0.717, 1.165) is 27.8 Å². The van der Waals surface area contributed by atoms with Crippen LogP contribution in [0.1, 0.15) is 25.0 Å². The molecule has 0 bridgehead atoms. The molecule has 4 heteroatoms. The van der Waals surface area contributed by atoms with E-state index < -0.39 is 0 Å². The molecule has 1 N–H and O–H groups in total. The van der Waals surface area contributed by atoms with Gasteiger partial charge in [-0.05, 0) is 51.9 Å². The highest BCUT2D eigenvalue weighted by molar-refractivity contribution is 6.17. The van der Waals surface area contributed by atoms with E-state index >= 15 is 0 Å². The van der Waals surface area contributed by atoms with E-state index in [4.69, 9.17) is 0 Å². The Balaban J connectivity index is 2.12. The lowest BCUT2D eigenvalue weighted by Crippen LogP contribution is -2.39. The number of fused-ring (bicyclic) bond motifs is 3. The molecule has 4 nitrogen and oxygen atoms in total. The van der Waals surface area contributed by atoms with E-state index in [-0.39, 0.29) is 11.5 Å². The number of carbonyl (C=O) groups excluding carboxylic acids is 1. The second-order valence-electron chi connectivity index (χ2n) is 6.47. The highest BCUT2D eigenvalue weighted by Crippen LogP contribution is 2.46. The van der Waals surface area contributed by atoms with Crippen molar-refractivity contribution in [1.29, 1.82) is 0 Å². The molecule has 0 unspecified atom stereocenters. The molecule has 0 amide bonds. The molecular weight excluding hydrogens is 336 g/mol. The molecule has 2 aromatic carbocycles. The molecule has 0 atom stereocenters. The molecular formula is C23H19N2O2+. The minimum Gasteiger partial charge on any atom is -0.506 e. The monoisotopic (exact) mass is 355 g/mol. The van der Waals surface area contributed by atoms with Gasteiger partial charge in [-0.2, -0.15) is 0 Å². The van der Waals surface area contributed by atoms with Gasteiger partial charge >= 0.3 is 0 Å². The number of aliphatic hydroxyl groups is 1. The predicted octanol–water partition coefficient (Wildman–Crippen LogP) is 4.19. The van der Waals surface area contributed by atoms with Gasteiger partial charge in [-0.25, -0.2) is 0 Å². The molecule has 0 aliphatic heterocycles. The fourth-order valence-corrected chi connectivity index (χ4v) is 3.67. The van der Waals surface area contributed by atoms with Gasteiger partial charge in [0, 0.05) is 11.6 Å². The van der Waals surface area contributed by atoms with Gasteiger partial charge in [-0.1, -0.05) is 48.5 Å². The highest BCUT2D eigenvalue weighted by Gasteiger charge is 2.34. The number of allylic oxidation sites excluding steroid dienone is 3. The number of ketones is 1. The number of aromatic nitrogens is 2. The normalized spacial score (nSPS) is 12.9. The van der Waals surface area contributed by atoms with Crippen LogP contribution in [0.15, 0.2) is 84.4 Å². The molecule has 0 saturated heterocycles. The van der Waals surface area contributed by atoms with Crippen LogP contribution in [0.4, 0.5) is 0 Å². The molecule has 132 valence electrons. The van der Waals surface area contributed by atoms with Crippen molar-refractivity contribution in [1.82, 2.24) is 5.10 Å². The Labute approximate surface area is 157 Å².